The Labute approximate surface area is 112 Å². The van der Waals surface area contributed by atoms with Crippen LogP contribution >= 0.6 is 0 Å². The van der Waals surface area contributed by atoms with Crippen molar-refractivity contribution >= 4 is 5.78 Å². The van der Waals surface area contributed by atoms with E-state index in [0.29, 0.717) is 5.69 Å². The molecular weight excluding hydrogens is 243 g/mol. The van der Waals surface area contributed by atoms with E-state index in [2.05, 4.69) is 5.10 Å². The molecule has 1 aromatic heterocycles. The maximum absolute atomic E-state index is 13.0. The van der Waals surface area contributed by atoms with E-state index in [1.807, 2.05) is 19.9 Å². The fourth-order valence-electron chi connectivity index (χ4n) is 2.08. The van der Waals surface area contributed by atoms with E-state index in [0.717, 1.165) is 23.2 Å². The Morgan fingerprint density at radius 2 is 2.11 bits per heavy atom. The minimum Gasteiger partial charge on any atom is -0.292 e. The smallest absolute Gasteiger partial charge is 0.185 e. The second kappa shape index (κ2) is 5.34. The van der Waals surface area contributed by atoms with Gasteiger partial charge in [-0.1, -0.05) is 13.0 Å². The lowest BCUT2D eigenvalue weighted by Crippen LogP contribution is -2.10. The van der Waals surface area contributed by atoms with E-state index in [1.165, 1.54) is 12.1 Å². The first-order chi connectivity index (χ1) is 9.01. The van der Waals surface area contributed by atoms with Crippen LogP contribution in [0.15, 0.2) is 24.3 Å². The molecule has 100 valence electrons. The van der Waals surface area contributed by atoms with E-state index in [1.54, 1.807) is 17.8 Å². The molecule has 3 nitrogen and oxygen atoms in total. The van der Waals surface area contributed by atoms with Crippen LogP contribution < -0.4 is 0 Å². The highest BCUT2D eigenvalue weighted by Crippen LogP contribution is 2.14. The van der Waals surface area contributed by atoms with Gasteiger partial charge in [0.1, 0.15) is 11.5 Å². The van der Waals surface area contributed by atoms with Gasteiger partial charge in [-0.25, -0.2) is 4.39 Å². The molecule has 0 bridgehead atoms. The molecule has 1 aromatic carbocycles. The molecule has 4 heteroatoms. The number of rotatable bonds is 4. The normalized spacial score (nSPS) is 10.7. The predicted molar refractivity (Wildman–Crippen MR) is 71.8 cm³/mol. The second-order valence-electron chi connectivity index (χ2n) is 4.67. The molecule has 0 unspecified atom stereocenters. The van der Waals surface area contributed by atoms with Crippen LogP contribution in [0.1, 0.15) is 34.2 Å². The molecule has 2 aromatic rings. The average Bonchev–Trinajstić information content (AvgIpc) is 2.74. The molecule has 0 amide bonds. The number of ketones is 1. The Morgan fingerprint density at radius 1 is 1.37 bits per heavy atom. The molecular formula is C15H17FN2O. The number of carbonyl (C=O) groups is 1. The topological polar surface area (TPSA) is 34.9 Å². The first-order valence-electron chi connectivity index (χ1n) is 6.32. The highest BCUT2D eigenvalue weighted by atomic mass is 19.1. The summed E-state index contributed by atoms with van der Waals surface area (Å²) in [6, 6.07) is 6.32. The van der Waals surface area contributed by atoms with Gasteiger partial charge in [0, 0.05) is 13.5 Å². The van der Waals surface area contributed by atoms with E-state index >= 15 is 0 Å². The maximum Gasteiger partial charge on any atom is 0.185 e. The Hall–Kier alpha value is -1.97. The van der Waals surface area contributed by atoms with Crippen LogP contribution in [-0.4, -0.2) is 15.6 Å². The zero-order valence-corrected chi connectivity index (χ0v) is 11.4. The van der Waals surface area contributed by atoms with E-state index < -0.39 is 0 Å². The number of Topliss-reactive ketones (excluding diaryl/α,β-unsaturated/α-hetero) is 1. The van der Waals surface area contributed by atoms with E-state index in [9.17, 15) is 9.18 Å². The number of nitrogens with zero attached hydrogens (tertiary/aromatic N) is 2. The number of aryl methyl sites for hydroxylation is 3. The zero-order chi connectivity index (χ0) is 14.0. The maximum atomic E-state index is 13.0. The molecule has 0 radical (unpaired) electrons. The summed E-state index contributed by atoms with van der Waals surface area (Å²) in [4.78, 5) is 12.2. The molecule has 0 fully saturated rings. The molecule has 0 saturated heterocycles. The SMILES string of the molecule is CCc1cc(C(=O)Cc2ccc(F)cc2C)n(C)n1. The van der Waals surface area contributed by atoms with Gasteiger partial charge in [-0.2, -0.15) is 5.10 Å². The van der Waals surface area contributed by atoms with Crippen molar-refractivity contribution in [2.24, 2.45) is 7.05 Å². The summed E-state index contributed by atoms with van der Waals surface area (Å²) < 4.78 is 14.6. The zero-order valence-electron chi connectivity index (χ0n) is 11.4. The third-order valence-electron chi connectivity index (χ3n) is 3.23. The molecule has 0 aliphatic rings. The van der Waals surface area contributed by atoms with Gasteiger partial charge in [0.2, 0.25) is 0 Å². The summed E-state index contributed by atoms with van der Waals surface area (Å²) in [5, 5.41) is 4.26. The minimum atomic E-state index is -0.275. The van der Waals surface area contributed by atoms with Gasteiger partial charge in [0.25, 0.3) is 0 Å². The lowest BCUT2D eigenvalue weighted by atomic mass is 10.0. The van der Waals surface area contributed by atoms with Crippen LogP contribution in [0.25, 0.3) is 0 Å². The molecule has 1 heterocycles. The van der Waals surface area contributed by atoms with Crippen molar-refractivity contribution in [1.29, 1.82) is 0 Å². The summed E-state index contributed by atoms with van der Waals surface area (Å²) in [7, 11) is 1.77. The first-order valence-corrected chi connectivity index (χ1v) is 6.32. The van der Waals surface area contributed by atoms with Gasteiger partial charge < -0.3 is 0 Å². The molecule has 0 N–H and O–H groups in total. The Bertz CT molecular complexity index is 617. The third-order valence-corrected chi connectivity index (χ3v) is 3.23. The fraction of sp³-hybridized carbons (Fsp3) is 0.333. The van der Waals surface area contributed by atoms with Gasteiger partial charge >= 0.3 is 0 Å². The summed E-state index contributed by atoms with van der Waals surface area (Å²) in [6.07, 6.45) is 1.07. The number of hydrogen-bond donors (Lipinski definition) is 0. The molecule has 0 atom stereocenters. The molecule has 2 rings (SSSR count). The molecule has 19 heavy (non-hydrogen) atoms. The van der Waals surface area contributed by atoms with E-state index in [4.69, 9.17) is 0 Å². The van der Waals surface area contributed by atoms with Crippen LogP contribution in [0.2, 0.25) is 0 Å². The van der Waals surface area contributed by atoms with Crippen molar-refractivity contribution in [1.82, 2.24) is 9.78 Å². The van der Waals surface area contributed by atoms with Crippen LogP contribution in [-0.2, 0) is 19.9 Å². The molecule has 0 aliphatic heterocycles. The van der Waals surface area contributed by atoms with Crippen LogP contribution in [0.3, 0.4) is 0 Å². The van der Waals surface area contributed by atoms with Crippen LogP contribution in [0, 0.1) is 12.7 Å². The summed E-state index contributed by atoms with van der Waals surface area (Å²) >= 11 is 0. The fourth-order valence-corrected chi connectivity index (χ4v) is 2.08. The van der Waals surface area contributed by atoms with Crippen molar-refractivity contribution in [2.45, 2.75) is 26.7 Å². The van der Waals surface area contributed by atoms with Gasteiger partial charge in [0.15, 0.2) is 5.78 Å². The van der Waals surface area contributed by atoms with E-state index in [-0.39, 0.29) is 18.0 Å². The summed E-state index contributed by atoms with van der Waals surface area (Å²) in [5.74, 6) is -0.271. The van der Waals surface area contributed by atoms with Gasteiger partial charge in [-0.15, -0.1) is 0 Å². The van der Waals surface area contributed by atoms with Gasteiger partial charge in [-0.3, -0.25) is 9.48 Å². The quantitative estimate of drug-likeness (QED) is 0.792. The number of halogens is 1. The van der Waals surface area contributed by atoms with Crippen molar-refractivity contribution in [3.63, 3.8) is 0 Å². The standard InChI is InChI=1S/C15H17FN2O/c1-4-13-9-14(18(3)17-13)15(19)8-11-5-6-12(16)7-10(11)2/h5-7,9H,4,8H2,1-3H3. The monoisotopic (exact) mass is 260 g/mol. The lowest BCUT2D eigenvalue weighted by molar-refractivity contribution is 0.0983. The predicted octanol–water partition coefficient (Wildman–Crippen LogP) is 2.86. The van der Waals surface area contributed by atoms with Crippen molar-refractivity contribution in [2.75, 3.05) is 0 Å². The van der Waals surface area contributed by atoms with Gasteiger partial charge in [0.05, 0.1) is 5.69 Å². The molecule has 0 saturated carbocycles. The number of hydrogen-bond acceptors (Lipinski definition) is 2. The van der Waals surface area contributed by atoms with Crippen molar-refractivity contribution < 1.29 is 9.18 Å². The van der Waals surface area contributed by atoms with Crippen LogP contribution in [0.5, 0.6) is 0 Å². The summed E-state index contributed by atoms with van der Waals surface area (Å²) in [6.45, 7) is 3.81. The number of aromatic nitrogens is 2. The first kappa shape index (κ1) is 13.5. The minimum absolute atomic E-state index is 0.00408. The molecule has 0 spiro atoms. The number of benzene rings is 1. The average molecular weight is 260 g/mol. The number of carbonyl (C=O) groups excluding carboxylic acids is 1. The van der Waals surface area contributed by atoms with Gasteiger partial charge in [-0.05, 0) is 42.7 Å². The Kier molecular flexibility index (Phi) is 3.79. The Balaban J connectivity index is 2.23. The highest BCUT2D eigenvalue weighted by Gasteiger charge is 2.14. The van der Waals surface area contributed by atoms with Crippen molar-refractivity contribution in [3.05, 3.63) is 52.6 Å². The second-order valence-corrected chi connectivity index (χ2v) is 4.67. The van der Waals surface area contributed by atoms with Crippen LogP contribution in [0.4, 0.5) is 4.39 Å². The molecule has 0 aliphatic carbocycles. The third kappa shape index (κ3) is 2.89. The highest BCUT2D eigenvalue weighted by molar-refractivity contribution is 5.96. The van der Waals surface area contributed by atoms with Crippen molar-refractivity contribution in [3.8, 4) is 0 Å². The Morgan fingerprint density at radius 3 is 2.68 bits per heavy atom. The lowest BCUT2D eigenvalue weighted by Gasteiger charge is -2.05. The summed E-state index contributed by atoms with van der Waals surface area (Å²) in [5.41, 5.74) is 3.15. The largest absolute Gasteiger partial charge is 0.292 e.